The van der Waals surface area contributed by atoms with Crippen molar-refractivity contribution in [2.24, 2.45) is 5.92 Å². The number of fused-ring (bicyclic) bond motifs is 1. The summed E-state index contributed by atoms with van der Waals surface area (Å²) < 4.78 is 1.79. The Balaban J connectivity index is 1.19. The van der Waals surface area contributed by atoms with E-state index in [-0.39, 0.29) is 11.8 Å². The van der Waals surface area contributed by atoms with Gasteiger partial charge in [-0.05, 0) is 63.1 Å². The van der Waals surface area contributed by atoms with Crippen LogP contribution in [0.1, 0.15) is 24.2 Å². The fourth-order valence-corrected chi connectivity index (χ4v) is 4.09. The molecule has 4 aromatic rings. The SMILES string of the molecule is Cc1cc(C)n(-c2ccc(N3CCC(C(=O)Nc4ccc5cn[nH]c5c4)CC3)nn2)n1. The normalized spacial score (nSPS) is 14.8. The first kappa shape index (κ1) is 19.2. The molecule has 0 saturated carbocycles. The predicted octanol–water partition coefficient (Wildman–Crippen LogP) is 3.01. The number of rotatable bonds is 4. The van der Waals surface area contributed by atoms with Crippen LogP contribution in [0.25, 0.3) is 16.7 Å². The Morgan fingerprint density at radius 2 is 1.84 bits per heavy atom. The lowest BCUT2D eigenvalue weighted by molar-refractivity contribution is -0.120. The van der Waals surface area contributed by atoms with Crippen molar-refractivity contribution < 1.29 is 4.79 Å². The summed E-state index contributed by atoms with van der Waals surface area (Å²) in [6.07, 6.45) is 3.32. The molecule has 31 heavy (non-hydrogen) atoms. The first-order chi connectivity index (χ1) is 15.1. The molecule has 5 rings (SSSR count). The van der Waals surface area contributed by atoms with Gasteiger partial charge in [0.05, 0.1) is 17.4 Å². The van der Waals surface area contributed by atoms with Crippen LogP contribution in [0.3, 0.4) is 0 Å². The minimum atomic E-state index is -0.0179. The van der Waals surface area contributed by atoms with Crippen molar-refractivity contribution in [2.45, 2.75) is 26.7 Å². The Morgan fingerprint density at radius 3 is 2.55 bits per heavy atom. The molecule has 1 aliphatic heterocycles. The van der Waals surface area contributed by atoms with Crippen LogP contribution in [0, 0.1) is 19.8 Å². The molecule has 1 saturated heterocycles. The summed E-state index contributed by atoms with van der Waals surface area (Å²) in [5.74, 6) is 1.58. The molecule has 0 atom stereocenters. The van der Waals surface area contributed by atoms with E-state index >= 15 is 0 Å². The Bertz CT molecular complexity index is 1220. The number of aromatic amines is 1. The van der Waals surface area contributed by atoms with Gasteiger partial charge in [0, 0.05) is 35.8 Å². The molecule has 1 amide bonds. The molecule has 3 aromatic heterocycles. The Kier molecular flexibility index (Phi) is 4.85. The number of aromatic nitrogens is 6. The quantitative estimate of drug-likeness (QED) is 0.530. The third-order valence-corrected chi connectivity index (χ3v) is 5.76. The van der Waals surface area contributed by atoms with Crippen molar-refractivity contribution >= 4 is 28.3 Å². The van der Waals surface area contributed by atoms with Gasteiger partial charge in [-0.2, -0.15) is 10.2 Å². The van der Waals surface area contributed by atoms with Crippen molar-refractivity contribution in [3.05, 3.63) is 54.0 Å². The topological polar surface area (TPSA) is 105 Å². The monoisotopic (exact) mass is 416 g/mol. The van der Waals surface area contributed by atoms with Gasteiger partial charge < -0.3 is 10.2 Å². The fourth-order valence-electron chi connectivity index (χ4n) is 4.09. The second-order valence-electron chi connectivity index (χ2n) is 8.01. The van der Waals surface area contributed by atoms with Crippen molar-refractivity contribution in [3.63, 3.8) is 0 Å². The van der Waals surface area contributed by atoms with Crippen molar-refractivity contribution in [1.29, 1.82) is 0 Å². The Morgan fingerprint density at radius 1 is 1.06 bits per heavy atom. The molecule has 4 heterocycles. The van der Waals surface area contributed by atoms with E-state index in [4.69, 9.17) is 0 Å². The van der Waals surface area contributed by atoms with E-state index in [2.05, 4.69) is 35.7 Å². The van der Waals surface area contributed by atoms with Crippen molar-refractivity contribution in [1.82, 2.24) is 30.2 Å². The highest BCUT2D eigenvalue weighted by Gasteiger charge is 2.26. The summed E-state index contributed by atoms with van der Waals surface area (Å²) >= 11 is 0. The average molecular weight is 416 g/mol. The molecule has 9 nitrogen and oxygen atoms in total. The summed E-state index contributed by atoms with van der Waals surface area (Å²) in [6, 6.07) is 11.7. The maximum atomic E-state index is 12.7. The first-order valence-electron chi connectivity index (χ1n) is 10.4. The highest BCUT2D eigenvalue weighted by molar-refractivity contribution is 5.94. The molecule has 0 unspecified atom stereocenters. The summed E-state index contributed by atoms with van der Waals surface area (Å²) in [7, 11) is 0. The maximum absolute atomic E-state index is 12.7. The highest BCUT2D eigenvalue weighted by Crippen LogP contribution is 2.24. The second-order valence-corrected chi connectivity index (χ2v) is 8.01. The number of benzene rings is 1. The number of aryl methyl sites for hydroxylation is 2. The Labute approximate surface area is 179 Å². The number of H-pyrrole nitrogens is 1. The van der Waals surface area contributed by atoms with Gasteiger partial charge in [0.1, 0.15) is 0 Å². The second kappa shape index (κ2) is 7.82. The number of hydrogen-bond donors (Lipinski definition) is 2. The molecule has 0 bridgehead atoms. The van der Waals surface area contributed by atoms with Gasteiger partial charge >= 0.3 is 0 Å². The number of anilines is 2. The van der Waals surface area contributed by atoms with Crippen molar-refractivity contribution in [2.75, 3.05) is 23.3 Å². The highest BCUT2D eigenvalue weighted by atomic mass is 16.1. The van der Waals surface area contributed by atoms with E-state index in [1.54, 1.807) is 10.9 Å². The van der Waals surface area contributed by atoms with E-state index < -0.39 is 0 Å². The van der Waals surface area contributed by atoms with Crippen LogP contribution in [0.2, 0.25) is 0 Å². The number of nitrogens with one attached hydrogen (secondary N) is 2. The zero-order valence-electron chi connectivity index (χ0n) is 17.5. The lowest BCUT2D eigenvalue weighted by Gasteiger charge is -2.31. The predicted molar refractivity (Wildman–Crippen MR) is 118 cm³/mol. The lowest BCUT2D eigenvalue weighted by Crippen LogP contribution is -2.38. The minimum absolute atomic E-state index is 0.0179. The molecule has 1 fully saturated rings. The lowest BCUT2D eigenvalue weighted by atomic mass is 9.96. The third-order valence-electron chi connectivity index (χ3n) is 5.76. The molecular weight excluding hydrogens is 392 g/mol. The molecule has 0 radical (unpaired) electrons. The zero-order chi connectivity index (χ0) is 21.4. The largest absolute Gasteiger partial charge is 0.355 e. The van der Waals surface area contributed by atoms with Crippen LogP contribution in [0.15, 0.2) is 42.6 Å². The Hall–Kier alpha value is -3.75. The number of hydrogen-bond acceptors (Lipinski definition) is 6. The number of carbonyl (C=O) groups excluding carboxylic acids is 1. The summed E-state index contributed by atoms with van der Waals surface area (Å²) in [5.41, 5.74) is 3.68. The van der Waals surface area contributed by atoms with Gasteiger partial charge in [0.25, 0.3) is 0 Å². The summed E-state index contributed by atoms with van der Waals surface area (Å²) in [5, 5.41) is 24.2. The smallest absolute Gasteiger partial charge is 0.227 e. The van der Waals surface area contributed by atoms with Crippen molar-refractivity contribution in [3.8, 4) is 5.82 Å². The molecule has 0 spiro atoms. The van der Waals surface area contributed by atoms with Gasteiger partial charge in [-0.1, -0.05) is 0 Å². The molecule has 0 aliphatic carbocycles. The zero-order valence-corrected chi connectivity index (χ0v) is 17.5. The molecule has 1 aromatic carbocycles. The molecule has 2 N–H and O–H groups in total. The first-order valence-corrected chi connectivity index (χ1v) is 10.4. The number of carbonyl (C=O) groups is 1. The van der Waals surface area contributed by atoms with E-state index in [1.165, 1.54) is 0 Å². The molecular formula is C22H24N8O. The maximum Gasteiger partial charge on any atom is 0.227 e. The van der Waals surface area contributed by atoms with Crippen LogP contribution in [-0.2, 0) is 4.79 Å². The van der Waals surface area contributed by atoms with Gasteiger partial charge in [-0.25, -0.2) is 4.68 Å². The molecule has 1 aliphatic rings. The van der Waals surface area contributed by atoms with E-state index in [0.29, 0.717) is 5.82 Å². The van der Waals surface area contributed by atoms with Crippen LogP contribution in [0.5, 0.6) is 0 Å². The fraction of sp³-hybridized carbons (Fsp3) is 0.318. The third kappa shape index (κ3) is 3.86. The van der Waals surface area contributed by atoms with Gasteiger partial charge in [-0.15, -0.1) is 10.2 Å². The van der Waals surface area contributed by atoms with Gasteiger partial charge in [-0.3, -0.25) is 9.89 Å². The minimum Gasteiger partial charge on any atom is -0.355 e. The van der Waals surface area contributed by atoms with Crippen LogP contribution in [-0.4, -0.2) is 49.2 Å². The molecule has 9 heteroatoms. The number of piperidine rings is 1. The van der Waals surface area contributed by atoms with Crippen LogP contribution >= 0.6 is 0 Å². The average Bonchev–Trinajstić information content (AvgIpc) is 3.39. The summed E-state index contributed by atoms with van der Waals surface area (Å²) in [4.78, 5) is 14.9. The standard InChI is InChI=1S/C22H24N8O/c1-14-11-15(2)30(28-14)21-6-5-20(26-27-21)29-9-7-16(8-10-29)22(31)24-18-4-3-17-13-23-25-19(17)12-18/h3-6,11-13,16H,7-10H2,1-2H3,(H,23,25)(H,24,31). The summed E-state index contributed by atoms with van der Waals surface area (Å²) in [6.45, 7) is 5.50. The van der Waals surface area contributed by atoms with E-state index in [0.717, 1.165) is 59.7 Å². The van der Waals surface area contributed by atoms with Crippen LogP contribution in [0.4, 0.5) is 11.5 Å². The van der Waals surface area contributed by atoms with E-state index in [1.807, 2.05) is 50.2 Å². The van der Waals surface area contributed by atoms with Gasteiger partial charge in [0.15, 0.2) is 11.6 Å². The number of nitrogens with zero attached hydrogens (tertiary/aromatic N) is 6. The molecule has 158 valence electrons. The van der Waals surface area contributed by atoms with Gasteiger partial charge in [0.2, 0.25) is 5.91 Å². The van der Waals surface area contributed by atoms with E-state index in [9.17, 15) is 4.79 Å². The van der Waals surface area contributed by atoms with Crippen LogP contribution < -0.4 is 10.2 Å². The number of amides is 1.